The highest BCUT2D eigenvalue weighted by molar-refractivity contribution is 9.10. The summed E-state index contributed by atoms with van der Waals surface area (Å²) in [5, 5.41) is 0. The van der Waals surface area contributed by atoms with Crippen molar-refractivity contribution in [3.8, 4) is 28.4 Å². The number of ether oxygens (including phenoxy) is 5. The molecule has 2 aromatic carbocycles. The van der Waals surface area contributed by atoms with Crippen LogP contribution in [0.4, 0.5) is 0 Å². The topological polar surface area (TPSA) is 46.2 Å². The lowest BCUT2D eigenvalue weighted by atomic mass is 9.98. The molecule has 0 saturated heterocycles. The van der Waals surface area contributed by atoms with Gasteiger partial charge in [-0.2, -0.15) is 0 Å². The molecule has 0 unspecified atom stereocenters. The fourth-order valence-corrected chi connectivity index (χ4v) is 2.93. The summed E-state index contributed by atoms with van der Waals surface area (Å²) in [6.07, 6.45) is 1.78. The highest BCUT2D eigenvalue weighted by Crippen LogP contribution is 2.45. The summed E-state index contributed by atoms with van der Waals surface area (Å²) in [6.45, 7) is 4.16. The number of rotatable bonds is 9. The van der Waals surface area contributed by atoms with E-state index in [0.29, 0.717) is 17.2 Å². The lowest BCUT2D eigenvalue weighted by Crippen LogP contribution is -2.05. The van der Waals surface area contributed by atoms with E-state index in [9.17, 15) is 0 Å². The van der Waals surface area contributed by atoms with Gasteiger partial charge < -0.3 is 23.7 Å². The molecule has 0 spiro atoms. The molecule has 2 aromatic rings. The van der Waals surface area contributed by atoms with Crippen LogP contribution in [0.3, 0.4) is 0 Å². The van der Waals surface area contributed by atoms with Gasteiger partial charge in [0.05, 0.1) is 14.2 Å². The van der Waals surface area contributed by atoms with Crippen LogP contribution in [-0.4, -0.2) is 34.9 Å². The van der Waals surface area contributed by atoms with E-state index in [4.69, 9.17) is 23.7 Å². The van der Waals surface area contributed by atoms with Gasteiger partial charge in [0.25, 0.3) is 0 Å². The SMILES string of the molecule is C=Cc1ccc(OCOCOC)cc1-c1c(Br)ccc(OC)c1OC. The van der Waals surface area contributed by atoms with Crippen LogP contribution >= 0.6 is 15.9 Å². The van der Waals surface area contributed by atoms with Crippen LogP contribution in [-0.2, 0) is 9.47 Å². The molecule has 0 aliphatic heterocycles. The van der Waals surface area contributed by atoms with Gasteiger partial charge in [-0.3, -0.25) is 0 Å². The van der Waals surface area contributed by atoms with Crippen molar-refractivity contribution in [2.24, 2.45) is 0 Å². The fourth-order valence-electron chi connectivity index (χ4n) is 2.40. The van der Waals surface area contributed by atoms with Gasteiger partial charge in [0, 0.05) is 17.1 Å². The third-order valence-electron chi connectivity index (χ3n) is 3.52. The molecule has 0 aliphatic carbocycles. The predicted octanol–water partition coefficient (Wildman–Crippen LogP) is 4.73. The number of hydrogen-bond donors (Lipinski definition) is 0. The van der Waals surface area contributed by atoms with Crippen molar-refractivity contribution in [1.82, 2.24) is 0 Å². The summed E-state index contributed by atoms with van der Waals surface area (Å²) < 4.78 is 27.5. The summed E-state index contributed by atoms with van der Waals surface area (Å²) in [7, 11) is 4.78. The maximum Gasteiger partial charge on any atom is 0.191 e. The molecule has 0 amide bonds. The lowest BCUT2D eigenvalue weighted by molar-refractivity contribution is -0.0835. The van der Waals surface area contributed by atoms with Gasteiger partial charge in [0.1, 0.15) is 12.5 Å². The minimum Gasteiger partial charge on any atom is -0.493 e. The Hall–Kier alpha value is -2.02. The molecule has 0 radical (unpaired) electrons. The Morgan fingerprint density at radius 2 is 1.84 bits per heavy atom. The van der Waals surface area contributed by atoms with Crippen molar-refractivity contribution >= 4 is 22.0 Å². The van der Waals surface area contributed by atoms with E-state index >= 15 is 0 Å². The molecular weight excluding hydrogens is 388 g/mol. The standard InChI is InChI=1S/C19H21BrO5/c1-5-13-6-7-14(25-12-24-11-21-2)10-15(13)18-16(20)8-9-17(22-3)19(18)23-4/h5-10H,1,11-12H2,2-4H3. The Morgan fingerprint density at radius 3 is 2.48 bits per heavy atom. The first-order chi connectivity index (χ1) is 12.2. The molecule has 0 bridgehead atoms. The molecule has 25 heavy (non-hydrogen) atoms. The molecule has 0 N–H and O–H groups in total. The van der Waals surface area contributed by atoms with Crippen LogP contribution in [0.25, 0.3) is 17.2 Å². The van der Waals surface area contributed by atoms with Crippen molar-refractivity contribution in [3.05, 3.63) is 46.9 Å². The minimum atomic E-state index is 0.0944. The molecule has 0 atom stereocenters. The molecule has 0 aromatic heterocycles. The van der Waals surface area contributed by atoms with Gasteiger partial charge >= 0.3 is 0 Å². The van der Waals surface area contributed by atoms with E-state index in [1.165, 1.54) is 0 Å². The van der Waals surface area contributed by atoms with E-state index in [-0.39, 0.29) is 13.6 Å². The van der Waals surface area contributed by atoms with Crippen molar-refractivity contribution in [1.29, 1.82) is 0 Å². The molecule has 6 heteroatoms. The zero-order valence-electron chi connectivity index (χ0n) is 14.5. The highest BCUT2D eigenvalue weighted by Gasteiger charge is 2.18. The van der Waals surface area contributed by atoms with E-state index in [1.807, 2.05) is 30.3 Å². The monoisotopic (exact) mass is 408 g/mol. The molecule has 5 nitrogen and oxygen atoms in total. The quantitative estimate of drug-likeness (QED) is 0.443. The fraction of sp³-hybridized carbons (Fsp3) is 0.263. The van der Waals surface area contributed by atoms with Gasteiger partial charge in [-0.05, 0) is 35.4 Å². The summed E-state index contributed by atoms with van der Waals surface area (Å²) in [5.74, 6) is 1.94. The molecule has 134 valence electrons. The predicted molar refractivity (Wildman–Crippen MR) is 101 cm³/mol. The van der Waals surface area contributed by atoms with Crippen molar-refractivity contribution in [2.45, 2.75) is 0 Å². The maximum atomic E-state index is 5.62. The second-order valence-corrected chi connectivity index (χ2v) is 5.84. The Balaban J connectivity index is 2.48. The molecule has 0 fully saturated rings. The molecule has 0 aliphatic rings. The van der Waals surface area contributed by atoms with E-state index < -0.39 is 0 Å². The zero-order valence-corrected chi connectivity index (χ0v) is 16.1. The van der Waals surface area contributed by atoms with Gasteiger partial charge in [0.15, 0.2) is 18.3 Å². The smallest absolute Gasteiger partial charge is 0.191 e. The maximum absolute atomic E-state index is 5.62. The second-order valence-electron chi connectivity index (χ2n) is 4.98. The van der Waals surface area contributed by atoms with Gasteiger partial charge in [-0.1, -0.05) is 34.7 Å². The zero-order chi connectivity index (χ0) is 18.2. The first-order valence-corrected chi connectivity index (χ1v) is 8.32. The average molecular weight is 409 g/mol. The highest BCUT2D eigenvalue weighted by atomic mass is 79.9. The summed E-state index contributed by atoms with van der Waals surface area (Å²) >= 11 is 3.60. The van der Waals surface area contributed by atoms with E-state index in [2.05, 4.69) is 22.5 Å². The first-order valence-electron chi connectivity index (χ1n) is 7.53. The largest absolute Gasteiger partial charge is 0.493 e. The van der Waals surface area contributed by atoms with Crippen molar-refractivity contribution < 1.29 is 23.7 Å². The van der Waals surface area contributed by atoms with Crippen LogP contribution in [0.5, 0.6) is 17.2 Å². The number of methoxy groups -OCH3 is 3. The van der Waals surface area contributed by atoms with Gasteiger partial charge in [-0.15, -0.1) is 0 Å². The molecule has 0 heterocycles. The third kappa shape index (κ3) is 4.54. The van der Waals surface area contributed by atoms with Crippen LogP contribution in [0.2, 0.25) is 0 Å². The van der Waals surface area contributed by atoms with Crippen LogP contribution in [0, 0.1) is 0 Å². The Morgan fingerprint density at radius 1 is 1.04 bits per heavy atom. The van der Waals surface area contributed by atoms with Crippen LogP contribution in [0.1, 0.15) is 5.56 Å². The average Bonchev–Trinajstić information content (AvgIpc) is 2.64. The molecule has 0 saturated carbocycles. The molecular formula is C19H21BrO5. The summed E-state index contributed by atoms with van der Waals surface area (Å²) in [5.41, 5.74) is 2.71. The van der Waals surface area contributed by atoms with Crippen LogP contribution < -0.4 is 14.2 Å². The molecule has 2 rings (SSSR count). The third-order valence-corrected chi connectivity index (χ3v) is 4.18. The lowest BCUT2D eigenvalue weighted by Gasteiger charge is -2.17. The Labute approximate surface area is 156 Å². The van der Waals surface area contributed by atoms with Gasteiger partial charge in [0.2, 0.25) is 0 Å². The van der Waals surface area contributed by atoms with E-state index in [0.717, 1.165) is 21.2 Å². The number of hydrogen-bond acceptors (Lipinski definition) is 5. The summed E-state index contributed by atoms with van der Waals surface area (Å²) in [4.78, 5) is 0. The van der Waals surface area contributed by atoms with Crippen molar-refractivity contribution in [3.63, 3.8) is 0 Å². The van der Waals surface area contributed by atoms with Crippen molar-refractivity contribution in [2.75, 3.05) is 34.9 Å². The number of benzene rings is 2. The summed E-state index contributed by atoms with van der Waals surface area (Å²) in [6, 6.07) is 9.46. The Bertz CT molecular complexity index is 730. The first kappa shape index (κ1) is 19.3. The van der Waals surface area contributed by atoms with Gasteiger partial charge in [-0.25, -0.2) is 0 Å². The Kier molecular flexibility index (Phi) is 7.31. The van der Waals surface area contributed by atoms with Crippen LogP contribution in [0.15, 0.2) is 41.4 Å². The number of halogens is 1. The van der Waals surface area contributed by atoms with E-state index in [1.54, 1.807) is 27.4 Å². The second kappa shape index (κ2) is 9.46. The minimum absolute atomic E-state index is 0.0944. The normalized spacial score (nSPS) is 10.4.